The molecule has 0 unspecified atom stereocenters. The number of amides is 1. The van der Waals surface area contributed by atoms with Gasteiger partial charge in [0.2, 0.25) is 0 Å². The first-order chi connectivity index (χ1) is 14.6. The molecule has 3 rings (SSSR count). The molecule has 166 valence electrons. The highest BCUT2D eigenvalue weighted by Gasteiger charge is 2.27. The average molecular weight is 430 g/mol. The molecule has 3 aromatic rings. The third-order valence-corrected chi connectivity index (χ3v) is 4.64. The summed E-state index contributed by atoms with van der Waals surface area (Å²) in [5, 5.41) is 19.8. The van der Waals surface area contributed by atoms with Crippen molar-refractivity contribution >= 4 is 17.2 Å². The minimum Gasteiger partial charge on any atom is -0.495 e. The number of ether oxygens (including phenoxy) is 1. The molecule has 3 N–H and O–H groups in total. The molecule has 3 aromatic heterocycles. The highest BCUT2D eigenvalue weighted by atomic mass is 19.1. The lowest BCUT2D eigenvalue weighted by molar-refractivity contribution is -0.00177. The second-order valence-corrected chi connectivity index (χ2v) is 8.05. The topological polar surface area (TPSA) is 114 Å². The average Bonchev–Trinajstić information content (AvgIpc) is 3.13. The number of carbonyl (C=O) groups excluding carboxylic acids is 1. The largest absolute Gasteiger partial charge is 0.495 e. The lowest BCUT2D eigenvalue weighted by Crippen LogP contribution is -2.42. The Labute approximate surface area is 179 Å². The molecule has 0 spiro atoms. The molecular formula is C21H27FN6O3. The zero-order chi connectivity index (χ0) is 22.8. The standard InChI is InChI=1S/C21H27FN6O3/c1-12(2)27-15-7-16(17-10-24-19-6-13(31-5)8-26-28(17)19)23-9-14(15)20(29)25-11-18(22)21(3,4)30/h6-10,12,18,30H,11H2,1-5H3,(H,23,27)(H,25,29)/t18-/m1/s1. The number of aromatic nitrogens is 4. The van der Waals surface area contributed by atoms with Crippen molar-refractivity contribution in [2.24, 2.45) is 0 Å². The third-order valence-electron chi connectivity index (χ3n) is 4.64. The second-order valence-electron chi connectivity index (χ2n) is 8.05. The summed E-state index contributed by atoms with van der Waals surface area (Å²) >= 11 is 0. The Morgan fingerprint density at radius 2 is 2.00 bits per heavy atom. The van der Waals surface area contributed by atoms with E-state index < -0.39 is 17.7 Å². The van der Waals surface area contributed by atoms with Crippen LogP contribution < -0.4 is 15.4 Å². The first kappa shape index (κ1) is 22.4. The van der Waals surface area contributed by atoms with Crippen LogP contribution >= 0.6 is 0 Å². The number of hydrogen-bond acceptors (Lipinski definition) is 7. The van der Waals surface area contributed by atoms with Gasteiger partial charge in [0, 0.05) is 18.3 Å². The van der Waals surface area contributed by atoms with Crippen molar-refractivity contribution in [1.82, 2.24) is 24.9 Å². The number of nitrogens with one attached hydrogen (secondary N) is 2. The minimum atomic E-state index is -1.61. The van der Waals surface area contributed by atoms with Gasteiger partial charge in [-0.3, -0.25) is 9.78 Å². The van der Waals surface area contributed by atoms with Gasteiger partial charge in [0.1, 0.15) is 17.6 Å². The van der Waals surface area contributed by atoms with Crippen LogP contribution in [0.4, 0.5) is 10.1 Å². The predicted octanol–water partition coefficient (Wildman–Crippen LogP) is 2.46. The van der Waals surface area contributed by atoms with Gasteiger partial charge in [-0.25, -0.2) is 13.9 Å². The fraction of sp³-hybridized carbons (Fsp3) is 0.429. The van der Waals surface area contributed by atoms with E-state index in [1.54, 1.807) is 36.2 Å². The Morgan fingerprint density at radius 1 is 1.26 bits per heavy atom. The van der Waals surface area contributed by atoms with E-state index in [4.69, 9.17) is 4.74 Å². The van der Waals surface area contributed by atoms with E-state index in [0.717, 1.165) is 0 Å². The van der Waals surface area contributed by atoms with Gasteiger partial charge in [-0.1, -0.05) is 0 Å². The third kappa shape index (κ3) is 5.08. The number of rotatable bonds is 8. The number of fused-ring (bicyclic) bond motifs is 1. The molecule has 0 aliphatic carbocycles. The second kappa shape index (κ2) is 8.84. The number of alkyl halides is 1. The van der Waals surface area contributed by atoms with Crippen LogP contribution in [-0.4, -0.2) is 62.1 Å². The number of pyridine rings is 1. The van der Waals surface area contributed by atoms with E-state index in [0.29, 0.717) is 28.5 Å². The summed E-state index contributed by atoms with van der Waals surface area (Å²) in [7, 11) is 1.55. The molecule has 10 heteroatoms. The Balaban J connectivity index is 1.92. The van der Waals surface area contributed by atoms with Crippen LogP contribution in [0.3, 0.4) is 0 Å². The van der Waals surface area contributed by atoms with Gasteiger partial charge < -0.3 is 20.5 Å². The summed E-state index contributed by atoms with van der Waals surface area (Å²) < 4.78 is 20.8. The highest BCUT2D eigenvalue weighted by molar-refractivity contribution is 6.00. The maximum atomic E-state index is 14.0. The predicted molar refractivity (Wildman–Crippen MR) is 115 cm³/mol. The molecule has 31 heavy (non-hydrogen) atoms. The molecule has 0 bridgehead atoms. The fourth-order valence-corrected chi connectivity index (χ4v) is 2.88. The number of methoxy groups -OCH3 is 1. The minimum absolute atomic E-state index is 0.0386. The number of imidazole rings is 1. The molecule has 0 aliphatic rings. The van der Waals surface area contributed by atoms with Gasteiger partial charge >= 0.3 is 0 Å². The molecule has 0 saturated carbocycles. The summed E-state index contributed by atoms with van der Waals surface area (Å²) in [4.78, 5) is 21.4. The monoisotopic (exact) mass is 430 g/mol. The first-order valence-electron chi connectivity index (χ1n) is 9.89. The molecule has 0 fully saturated rings. The molecule has 0 saturated heterocycles. The van der Waals surface area contributed by atoms with E-state index in [9.17, 15) is 14.3 Å². The van der Waals surface area contributed by atoms with Crippen molar-refractivity contribution in [1.29, 1.82) is 0 Å². The van der Waals surface area contributed by atoms with Crippen molar-refractivity contribution in [2.75, 3.05) is 19.0 Å². The van der Waals surface area contributed by atoms with Crippen LogP contribution in [-0.2, 0) is 0 Å². The number of carbonyl (C=O) groups is 1. The number of hydrogen-bond donors (Lipinski definition) is 3. The van der Waals surface area contributed by atoms with E-state index >= 15 is 0 Å². The molecule has 3 heterocycles. The van der Waals surface area contributed by atoms with Gasteiger partial charge in [0.05, 0.1) is 48.6 Å². The Morgan fingerprint density at radius 3 is 2.65 bits per heavy atom. The maximum absolute atomic E-state index is 14.0. The van der Waals surface area contributed by atoms with Gasteiger partial charge in [-0.05, 0) is 33.8 Å². The van der Waals surface area contributed by atoms with Crippen molar-refractivity contribution in [3.63, 3.8) is 0 Å². The van der Waals surface area contributed by atoms with Gasteiger partial charge in [-0.15, -0.1) is 0 Å². The molecule has 1 atom stereocenters. The zero-order valence-electron chi connectivity index (χ0n) is 18.2. The smallest absolute Gasteiger partial charge is 0.255 e. The number of anilines is 1. The molecule has 0 radical (unpaired) electrons. The molecule has 0 aromatic carbocycles. The molecule has 9 nitrogen and oxygen atoms in total. The van der Waals surface area contributed by atoms with Crippen LogP contribution in [0, 0.1) is 0 Å². The van der Waals surface area contributed by atoms with E-state index in [-0.39, 0.29) is 18.2 Å². The van der Waals surface area contributed by atoms with Gasteiger partial charge in [0.15, 0.2) is 5.65 Å². The van der Waals surface area contributed by atoms with E-state index in [1.165, 1.54) is 20.0 Å². The summed E-state index contributed by atoms with van der Waals surface area (Å²) in [5.41, 5.74) is 1.06. The Bertz CT molecular complexity index is 1080. The highest BCUT2D eigenvalue weighted by Crippen LogP contribution is 2.25. The van der Waals surface area contributed by atoms with Gasteiger partial charge in [0.25, 0.3) is 5.91 Å². The van der Waals surface area contributed by atoms with Crippen molar-refractivity contribution < 1.29 is 19.0 Å². The molecular weight excluding hydrogens is 403 g/mol. The Hall–Kier alpha value is -3.27. The van der Waals surface area contributed by atoms with Crippen LogP contribution in [0.15, 0.2) is 30.7 Å². The van der Waals surface area contributed by atoms with E-state index in [1.807, 2.05) is 13.8 Å². The maximum Gasteiger partial charge on any atom is 0.255 e. The van der Waals surface area contributed by atoms with Crippen molar-refractivity contribution in [3.8, 4) is 17.1 Å². The quantitative estimate of drug-likeness (QED) is 0.503. The SMILES string of the molecule is COc1cnn2c(-c3cc(NC(C)C)c(C(=O)NC[C@@H](F)C(C)(C)O)cn3)cnc2c1. The fourth-order valence-electron chi connectivity index (χ4n) is 2.88. The van der Waals surface area contributed by atoms with Crippen molar-refractivity contribution in [2.45, 2.75) is 45.5 Å². The first-order valence-corrected chi connectivity index (χ1v) is 9.89. The van der Waals surface area contributed by atoms with Gasteiger partial charge in [-0.2, -0.15) is 5.10 Å². The lowest BCUT2D eigenvalue weighted by atomic mass is 10.0. The van der Waals surface area contributed by atoms with Crippen LogP contribution in [0.1, 0.15) is 38.1 Å². The summed E-state index contributed by atoms with van der Waals surface area (Å²) in [6.45, 7) is 6.27. The molecule has 1 amide bonds. The summed E-state index contributed by atoms with van der Waals surface area (Å²) in [6.07, 6.45) is 3.03. The van der Waals surface area contributed by atoms with E-state index in [2.05, 4.69) is 25.7 Å². The number of halogens is 1. The van der Waals surface area contributed by atoms with Crippen molar-refractivity contribution in [3.05, 3.63) is 36.3 Å². The Kier molecular flexibility index (Phi) is 6.40. The number of aliphatic hydroxyl groups is 1. The lowest BCUT2D eigenvalue weighted by Gasteiger charge is -2.23. The number of nitrogens with zero attached hydrogens (tertiary/aromatic N) is 4. The van der Waals surface area contributed by atoms with Crippen LogP contribution in [0.2, 0.25) is 0 Å². The normalized spacial score (nSPS) is 12.8. The summed E-state index contributed by atoms with van der Waals surface area (Å²) in [6, 6.07) is 3.52. The zero-order valence-corrected chi connectivity index (χ0v) is 18.2. The molecule has 0 aliphatic heterocycles. The summed E-state index contributed by atoms with van der Waals surface area (Å²) in [5.74, 6) is 0.0964. The van der Waals surface area contributed by atoms with Crippen LogP contribution in [0.5, 0.6) is 5.75 Å². The van der Waals surface area contributed by atoms with Crippen LogP contribution in [0.25, 0.3) is 17.0 Å².